The maximum absolute atomic E-state index is 2.33. The molecule has 0 saturated heterocycles. The first-order chi connectivity index (χ1) is 4.54. The third kappa shape index (κ3) is 3.21. The van der Waals surface area contributed by atoms with Gasteiger partial charge in [0.05, 0.1) is 26.7 Å². The fraction of sp³-hybridized carbons (Fsp3) is 1.00. The highest BCUT2D eigenvalue weighted by Crippen LogP contribution is 2.06. The molecule has 0 saturated carbocycles. The Balaban J connectivity index is 3.80. The molecule has 0 aromatic heterocycles. The Morgan fingerprint density at radius 3 is 1.60 bits per heavy atom. The lowest BCUT2D eigenvalue weighted by molar-refractivity contribution is -0.908. The molecule has 1 heteroatoms. The van der Waals surface area contributed by atoms with Gasteiger partial charge in [0.2, 0.25) is 0 Å². The Kier molecular flexibility index (Phi) is 3.95. The van der Waals surface area contributed by atoms with E-state index in [-0.39, 0.29) is 0 Å². The Morgan fingerprint density at radius 2 is 1.50 bits per heavy atom. The highest BCUT2D eigenvalue weighted by atomic mass is 15.3. The summed E-state index contributed by atoms with van der Waals surface area (Å²) in [6.07, 6.45) is 0. The summed E-state index contributed by atoms with van der Waals surface area (Å²) < 4.78 is 1.22. The summed E-state index contributed by atoms with van der Waals surface area (Å²) in [5.74, 6) is 0.824. The maximum atomic E-state index is 2.33. The largest absolute Gasteiger partial charge is 0.326 e. The van der Waals surface area contributed by atoms with Crippen molar-refractivity contribution < 1.29 is 4.48 Å². The molecule has 0 amide bonds. The van der Waals surface area contributed by atoms with E-state index in [1.807, 2.05) is 0 Å². The fourth-order valence-electron chi connectivity index (χ4n) is 1.36. The SMILES string of the molecule is CC[N+](C)(CC)CC(C)C. The molecule has 0 aromatic rings. The second-order valence-electron chi connectivity index (χ2n) is 3.83. The van der Waals surface area contributed by atoms with Gasteiger partial charge in [-0.25, -0.2) is 0 Å². The molecule has 0 aliphatic rings. The Hall–Kier alpha value is -0.0400. The van der Waals surface area contributed by atoms with Gasteiger partial charge >= 0.3 is 0 Å². The van der Waals surface area contributed by atoms with Crippen LogP contribution in [0.4, 0.5) is 0 Å². The van der Waals surface area contributed by atoms with E-state index in [1.165, 1.54) is 24.1 Å². The number of nitrogens with zero attached hydrogens (tertiary/aromatic N) is 1. The van der Waals surface area contributed by atoms with E-state index in [2.05, 4.69) is 34.7 Å². The van der Waals surface area contributed by atoms with Crippen molar-refractivity contribution in [1.29, 1.82) is 0 Å². The zero-order chi connectivity index (χ0) is 8.20. The maximum Gasteiger partial charge on any atom is 0.0807 e. The average Bonchev–Trinajstić information content (AvgIpc) is 1.87. The molecule has 0 unspecified atom stereocenters. The highest BCUT2D eigenvalue weighted by molar-refractivity contribution is 4.41. The van der Waals surface area contributed by atoms with E-state index >= 15 is 0 Å². The summed E-state index contributed by atoms with van der Waals surface area (Å²) in [4.78, 5) is 0. The van der Waals surface area contributed by atoms with Crippen molar-refractivity contribution in [3.63, 3.8) is 0 Å². The van der Waals surface area contributed by atoms with Crippen LogP contribution in [-0.2, 0) is 0 Å². The van der Waals surface area contributed by atoms with Gasteiger partial charge in [-0.3, -0.25) is 0 Å². The predicted molar refractivity (Wildman–Crippen MR) is 47.0 cm³/mol. The number of quaternary nitrogens is 1. The lowest BCUT2D eigenvalue weighted by Crippen LogP contribution is -2.45. The van der Waals surface area contributed by atoms with E-state index in [0.717, 1.165) is 5.92 Å². The minimum atomic E-state index is 0.824. The van der Waals surface area contributed by atoms with E-state index in [1.54, 1.807) is 0 Å². The van der Waals surface area contributed by atoms with E-state index in [4.69, 9.17) is 0 Å². The first-order valence-electron chi connectivity index (χ1n) is 4.37. The van der Waals surface area contributed by atoms with Crippen molar-refractivity contribution in [2.45, 2.75) is 27.7 Å². The van der Waals surface area contributed by atoms with Crippen LogP contribution >= 0.6 is 0 Å². The second kappa shape index (κ2) is 3.97. The van der Waals surface area contributed by atoms with Gasteiger partial charge < -0.3 is 4.48 Å². The van der Waals surface area contributed by atoms with Crippen LogP contribution in [0.1, 0.15) is 27.7 Å². The molecule has 10 heavy (non-hydrogen) atoms. The molecule has 0 radical (unpaired) electrons. The van der Waals surface area contributed by atoms with Crippen LogP contribution in [0.5, 0.6) is 0 Å². The molecule has 0 N–H and O–H groups in total. The van der Waals surface area contributed by atoms with Crippen LogP contribution in [0.2, 0.25) is 0 Å². The first-order valence-corrected chi connectivity index (χ1v) is 4.37. The van der Waals surface area contributed by atoms with E-state index in [0.29, 0.717) is 0 Å². The fourth-order valence-corrected chi connectivity index (χ4v) is 1.36. The Bertz CT molecular complexity index is 82.7. The van der Waals surface area contributed by atoms with Crippen LogP contribution in [-0.4, -0.2) is 31.2 Å². The van der Waals surface area contributed by atoms with Crippen molar-refractivity contribution in [2.24, 2.45) is 5.92 Å². The molecule has 0 aliphatic heterocycles. The van der Waals surface area contributed by atoms with Gasteiger partial charge in [0.25, 0.3) is 0 Å². The molecule has 0 rings (SSSR count). The Morgan fingerprint density at radius 1 is 1.10 bits per heavy atom. The molecular weight excluding hydrogens is 122 g/mol. The topological polar surface area (TPSA) is 0 Å². The van der Waals surface area contributed by atoms with Crippen LogP contribution in [0.25, 0.3) is 0 Å². The van der Waals surface area contributed by atoms with Crippen LogP contribution in [0.3, 0.4) is 0 Å². The second-order valence-corrected chi connectivity index (χ2v) is 3.83. The van der Waals surface area contributed by atoms with Gasteiger partial charge in [-0.1, -0.05) is 13.8 Å². The standard InChI is InChI=1S/C9H22N/c1-6-10(5,7-2)8-9(3)4/h9H,6-8H2,1-5H3/q+1. The van der Waals surface area contributed by atoms with E-state index < -0.39 is 0 Å². The summed E-state index contributed by atoms with van der Waals surface area (Å²) in [6, 6.07) is 0. The van der Waals surface area contributed by atoms with Crippen molar-refractivity contribution in [3.8, 4) is 0 Å². The molecule has 0 aromatic carbocycles. The van der Waals surface area contributed by atoms with Gasteiger partial charge in [0.15, 0.2) is 0 Å². The third-order valence-corrected chi connectivity index (χ3v) is 2.33. The zero-order valence-corrected chi connectivity index (χ0v) is 8.15. The molecule has 0 heterocycles. The minimum absolute atomic E-state index is 0.824. The summed E-state index contributed by atoms with van der Waals surface area (Å²) in [6.45, 7) is 13.0. The van der Waals surface area contributed by atoms with Gasteiger partial charge in [0, 0.05) is 5.92 Å². The average molecular weight is 144 g/mol. The quantitative estimate of drug-likeness (QED) is 0.530. The van der Waals surface area contributed by atoms with Crippen molar-refractivity contribution in [3.05, 3.63) is 0 Å². The molecule has 0 spiro atoms. The molecule has 0 atom stereocenters. The smallest absolute Gasteiger partial charge is 0.0807 e. The predicted octanol–water partition coefficient (Wildman–Crippen LogP) is 2.13. The molecule has 0 fully saturated rings. The van der Waals surface area contributed by atoms with Crippen molar-refractivity contribution in [2.75, 3.05) is 26.7 Å². The molecule has 62 valence electrons. The normalized spacial score (nSPS) is 12.6. The number of hydrogen-bond acceptors (Lipinski definition) is 0. The lowest BCUT2D eigenvalue weighted by atomic mass is 10.2. The summed E-state index contributed by atoms with van der Waals surface area (Å²) >= 11 is 0. The molecule has 0 bridgehead atoms. The van der Waals surface area contributed by atoms with Crippen molar-refractivity contribution >= 4 is 0 Å². The number of rotatable bonds is 4. The third-order valence-electron chi connectivity index (χ3n) is 2.33. The van der Waals surface area contributed by atoms with Crippen LogP contribution in [0.15, 0.2) is 0 Å². The van der Waals surface area contributed by atoms with Crippen LogP contribution in [0, 0.1) is 5.92 Å². The van der Waals surface area contributed by atoms with Gasteiger partial charge in [-0.2, -0.15) is 0 Å². The van der Waals surface area contributed by atoms with Gasteiger partial charge in [-0.05, 0) is 13.8 Å². The molecule has 1 nitrogen and oxygen atoms in total. The summed E-state index contributed by atoms with van der Waals surface area (Å²) in [5.41, 5.74) is 0. The van der Waals surface area contributed by atoms with E-state index in [9.17, 15) is 0 Å². The molecule has 0 aliphatic carbocycles. The number of hydrogen-bond donors (Lipinski definition) is 0. The summed E-state index contributed by atoms with van der Waals surface area (Å²) in [7, 11) is 2.33. The van der Waals surface area contributed by atoms with Crippen molar-refractivity contribution in [1.82, 2.24) is 0 Å². The highest BCUT2D eigenvalue weighted by Gasteiger charge is 2.17. The lowest BCUT2D eigenvalue weighted by Gasteiger charge is -2.33. The van der Waals surface area contributed by atoms with Gasteiger partial charge in [0.1, 0.15) is 0 Å². The minimum Gasteiger partial charge on any atom is -0.326 e. The summed E-state index contributed by atoms with van der Waals surface area (Å²) in [5, 5.41) is 0. The first kappa shape index (κ1) is 9.96. The zero-order valence-electron chi connectivity index (χ0n) is 8.15. The monoisotopic (exact) mass is 144 g/mol. The Labute approximate surface area is 65.6 Å². The van der Waals surface area contributed by atoms with Crippen LogP contribution < -0.4 is 0 Å². The van der Waals surface area contributed by atoms with Gasteiger partial charge in [-0.15, -0.1) is 0 Å². The molecular formula is C9H22N+.